The minimum atomic E-state index is -1.64. The van der Waals surface area contributed by atoms with Gasteiger partial charge in [0.15, 0.2) is 5.54 Å². The number of carboxylic acids is 2. The van der Waals surface area contributed by atoms with E-state index in [-0.39, 0.29) is 13.1 Å². The van der Waals surface area contributed by atoms with Crippen LogP contribution in [0.1, 0.15) is 20.8 Å². The van der Waals surface area contributed by atoms with Gasteiger partial charge in [0, 0.05) is 12.2 Å². The molecule has 22 heavy (non-hydrogen) atoms. The van der Waals surface area contributed by atoms with E-state index in [1.807, 2.05) is 0 Å². The standard InChI is InChI=1S/C13H18N2O7/c1-12(2,3)22-11(21)15-6-13(7-15,10(19)20)14-8(16)4-5-9(17)18/h4-5H,6-7H2,1-3H3,(H,14,16)(H,17,18)(H,19,20). The molecule has 1 aliphatic rings. The summed E-state index contributed by atoms with van der Waals surface area (Å²) >= 11 is 0. The van der Waals surface area contributed by atoms with Crippen LogP contribution in [0, 0.1) is 0 Å². The molecule has 0 aromatic rings. The van der Waals surface area contributed by atoms with Crippen LogP contribution in [0.25, 0.3) is 0 Å². The zero-order chi connectivity index (χ0) is 17.1. The van der Waals surface area contributed by atoms with Crippen molar-refractivity contribution in [2.24, 2.45) is 0 Å². The van der Waals surface area contributed by atoms with E-state index in [9.17, 15) is 24.3 Å². The molecule has 0 bridgehead atoms. The normalized spacial score (nSPS) is 16.8. The zero-order valence-electron chi connectivity index (χ0n) is 12.5. The Labute approximate surface area is 126 Å². The first kappa shape index (κ1) is 17.5. The number of hydrogen-bond acceptors (Lipinski definition) is 5. The molecule has 0 atom stereocenters. The van der Waals surface area contributed by atoms with Crippen molar-refractivity contribution < 1.29 is 34.1 Å². The maximum atomic E-state index is 11.8. The molecule has 1 aliphatic heterocycles. The van der Waals surface area contributed by atoms with Gasteiger partial charge >= 0.3 is 18.0 Å². The Morgan fingerprint density at radius 3 is 2.09 bits per heavy atom. The minimum absolute atomic E-state index is 0.260. The lowest BCUT2D eigenvalue weighted by Crippen LogP contribution is -2.75. The van der Waals surface area contributed by atoms with E-state index < -0.39 is 35.1 Å². The first-order valence-electron chi connectivity index (χ1n) is 6.40. The third kappa shape index (κ3) is 4.47. The zero-order valence-corrected chi connectivity index (χ0v) is 12.5. The summed E-state index contributed by atoms with van der Waals surface area (Å²) in [6.07, 6.45) is 0.623. The predicted molar refractivity (Wildman–Crippen MR) is 73.1 cm³/mol. The number of amides is 2. The fourth-order valence-electron chi connectivity index (χ4n) is 1.75. The maximum absolute atomic E-state index is 11.8. The number of carboxylic acid groups (broad SMARTS) is 2. The van der Waals surface area contributed by atoms with Crippen molar-refractivity contribution in [1.29, 1.82) is 0 Å². The molecular weight excluding hydrogens is 296 g/mol. The van der Waals surface area contributed by atoms with Gasteiger partial charge < -0.3 is 25.2 Å². The molecule has 0 aromatic heterocycles. The average molecular weight is 314 g/mol. The van der Waals surface area contributed by atoms with Gasteiger partial charge in [0.25, 0.3) is 0 Å². The number of aliphatic carboxylic acids is 2. The van der Waals surface area contributed by atoms with Crippen LogP contribution in [0.15, 0.2) is 12.2 Å². The number of carbonyl (C=O) groups excluding carboxylic acids is 2. The Morgan fingerprint density at radius 1 is 1.14 bits per heavy atom. The summed E-state index contributed by atoms with van der Waals surface area (Å²) in [5.74, 6) is -3.51. The summed E-state index contributed by atoms with van der Waals surface area (Å²) in [5, 5.41) is 19.8. The van der Waals surface area contributed by atoms with Gasteiger partial charge in [-0.05, 0) is 20.8 Å². The number of nitrogens with zero attached hydrogens (tertiary/aromatic N) is 1. The van der Waals surface area contributed by atoms with Crippen molar-refractivity contribution in [1.82, 2.24) is 10.2 Å². The lowest BCUT2D eigenvalue weighted by molar-refractivity contribution is -0.154. The molecule has 0 aliphatic carbocycles. The van der Waals surface area contributed by atoms with Gasteiger partial charge in [-0.25, -0.2) is 14.4 Å². The topological polar surface area (TPSA) is 133 Å². The molecule has 1 fully saturated rings. The third-order valence-electron chi connectivity index (χ3n) is 2.72. The highest BCUT2D eigenvalue weighted by molar-refractivity contribution is 5.98. The summed E-state index contributed by atoms with van der Waals surface area (Å²) < 4.78 is 5.09. The molecule has 0 saturated carbocycles. The second kappa shape index (κ2) is 6.04. The lowest BCUT2D eigenvalue weighted by atomic mass is 9.90. The van der Waals surface area contributed by atoms with Gasteiger partial charge in [-0.1, -0.05) is 0 Å². The monoisotopic (exact) mass is 314 g/mol. The fraction of sp³-hybridized carbons (Fsp3) is 0.538. The van der Waals surface area contributed by atoms with E-state index in [0.717, 1.165) is 4.90 Å². The van der Waals surface area contributed by atoms with Crippen LogP contribution < -0.4 is 5.32 Å². The second-order valence-electron chi connectivity index (χ2n) is 5.88. The molecule has 0 unspecified atom stereocenters. The van der Waals surface area contributed by atoms with Crippen LogP contribution in [0.3, 0.4) is 0 Å². The molecule has 1 saturated heterocycles. The molecule has 0 spiro atoms. The smallest absolute Gasteiger partial charge is 0.410 e. The highest BCUT2D eigenvalue weighted by Gasteiger charge is 2.53. The number of likely N-dealkylation sites (tertiary alicyclic amines) is 1. The molecule has 0 radical (unpaired) electrons. The SMILES string of the molecule is CC(C)(C)OC(=O)N1CC(NC(=O)C=CC(=O)O)(C(=O)O)C1. The van der Waals surface area contributed by atoms with Crippen LogP contribution in [0.5, 0.6) is 0 Å². The summed E-state index contributed by atoms with van der Waals surface area (Å²) in [6, 6.07) is 0. The Morgan fingerprint density at radius 2 is 1.68 bits per heavy atom. The summed E-state index contributed by atoms with van der Waals surface area (Å²) in [6.45, 7) is 4.50. The van der Waals surface area contributed by atoms with E-state index in [0.29, 0.717) is 12.2 Å². The molecule has 1 heterocycles. The maximum Gasteiger partial charge on any atom is 0.410 e. The van der Waals surface area contributed by atoms with Crippen molar-refractivity contribution in [2.75, 3.05) is 13.1 Å². The summed E-state index contributed by atoms with van der Waals surface area (Å²) in [4.78, 5) is 46.0. The molecule has 1 rings (SSSR count). The highest BCUT2D eigenvalue weighted by Crippen LogP contribution is 2.24. The van der Waals surface area contributed by atoms with Crippen molar-refractivity contribution in [3.63, 3.8) is 0 Å². The van der Waals surface area contributed by atoms with Crippen LogP contribution in [0.2, 0.25) is 0 Å². The molecular formula is C13H18N2O7. The van der Waals surface area contributed by atoms with Gasteiger partial charge in [-0.15, -0.1) is 0 Å². The van der Waals surface area contributed by atoms with E-state index in [4.69, 9.17) is 9.84 Å². The Kier molecular flexibility index (Phi) is 4.80. The summed E-state index contributed by atoms with van der Waals surface area (Å²) in [5.41, 5.74) is -2.36. The molecule has 122 valence electrons. The van der Waals surface area contributed by atoms with Gasteiger partial charge in [0.2, 0.25) is 5.91 Å². The van der Waals surface area contributed by atoms with Crippen LogP contribution >= 0.6 is 0 Å². The first-order chi connectivity index (χ1) is 9.95. The van der Waals surface area contributed by atoms with Gasteiger partial charge in [0.1, 0.15) is 5.60 Å². The number of ether oxygens (including phenoxy) is 1. The number of carbonyl (C=O) groups is 4. The van der Waals surface area contributed by atoms with Crippen molar-refractivity contribution in [3.8, 4) is 0 Å². The fourth-order valence-corrected chi connectivity index (χ4v) is 1.75. The van der Waals surface area contributed by atoms with Crippen LogP contribution in [0.4, 0.5) is 4.79 Å². The Balaban J connectivity index is 2.67. The third-order valence-corrected chi connectivity index (χ3v) is 2.72. The average Bonchev–Trinajstić information content (AvgIpc) is 2.27. The Bertz CT molecular complexity index is 527. The lowest BCUT2D eigenvalue weighted by Gasteiger charge is -2.46. The van der Waals surface area contributed by atoms with Crippen molar-refractivity contribution in [2.45, 2.75) is 31.9 Å². The molecule has 9 heteroatoms. The number of hydrogen-bond donors (Lipinski definition) is 3. The van der Waals surface area contributed by atoms with E-state index in [1.54, 1.807) is 20.8 Å². The minimum Gasteiger partial charge on any atom is -0.479 e. The molecule has 9 nitrogen and oxygen atoms in total. The van der Waals surface area contributed by atoms with Crippen molar-refractivity contribution in [3.05, 3.63) is 12.2 Å². The largest absolute Gasteiger partial charge is 0.479 e. The number of nitrogens with one attached hydrogen (secondary N) is 1. The molecule has 2 amide bonds. The van der Waals surface area contributed by atoms with Gasteiger partial charge in [-0.3, -0.25) is 4.79 Å². The van der Waals surface area contributed by atoms with E-state index in [2.05, 4.69) is 5.32 Å². The van der Waals surface area contributed by atoms with Crippen LogP contribution in [-0.2, 0) is 19.1 Å². The quantitative estimate of drug-likeness (QED) is 0.613. The first-order valence-corrected chi connectivity index (χ1v) is 6.40. The van der Waals surface area contributed by atoms with Gasteiger partial charge in [-0.2, -0.15) is 0 Å². The van der Waals surface area contributed by atoms with E-state index in [1.165, 1.54) is 0 Å². The van der Waals surface area contributed by atoms with Gasteiger partial charge in [0.05, 0.1) is 13.1 Å². The second-order valence-corrected chi connectivity index (χ2v) is 5.88. The number of rotatable bonds is 4. The predicted octanol–water partition coefficient (Wildman–Crippen LogP) is -0.182. The van der Waals surface area contributed by atoms with E-state index >= 15 is 0 Å². The van der Waals surface area contributed by atoms with Crippen molar-refractivity contribution >= 4 is 23.9 Å². The van der Waals surface area contributed by atoms with Crippen LogP contribution in [-0.4, -0.2) is 63.3 Å². The summed E-state index contributed by atoms with van der Waals surface area (Å²) in [7, 11) is 0. The molecule has 3 N–H and O–H groups in total. The molecule has 0 aromatic carbocycles. The highest BCUT2D eigenvalue weighted by atomic mass is 16.6. The Hall–Kier alpha value is -2.58.